The lowest BCUT2D eigenvalue weighted by molar-refractivity contribution is 0.282. The summed E-state index contributed by atoms with van der Waals surface area (Å²) in [7, 11) is 1.67. The van der Waals surface area contributed by atoms with Crippen LogP contribution in [0.3, 0.4) is 0 Å². The average Bonchev–Trinajstić information content (AvgIpc) is 2.67. The van der Waals surface area contributed by atoms with Gasteiger partial charge in [0.05, 0.1) is 11.6 Å². The van der Waals surface area contributed by atoms with Gasteiger partial charge in [0.15, 0.2) is 11.5 Å². The highest BCUT2D eigenvalue weighted by atomic mass is 79.9. The Morgan fingerprint density at radius 3 is 2.37 bits per heavy atom. The van der Waals surface area contributed by atoms with Gasteiger partial charge in [0.2, 0.25) is 0 Å². The Hall–Kier alpha value is -2.46. The van der Waals surface area contributed by atoms with Gasteiger partial charge >= 0.3 is 0 Å². The molecule has 0 unspecified atom stereocenters. The van der Waals surface area contributed by atoms with E-state index >= 15 is 0 Å². The van der Waals surface area contributed by atoms with Crippen molar-refractivity contribution in [1.29, 1.82) is 0 Å². The Morgan fingerprint density at radius 1 is 0.926 bits per heavy atom. The van der Waals surface area contributed by atoms with Crippen molar-refractivity contribution < 1.29 is 9.47 Å². The number of halogens is 1. The average molecular weight is 426 g/mol. The molecule has 3 rings (SSSR count). The van der Waals surface area contributed by atoms with Crippen molar-refractivity contribution in [2.45, 2.75) is 27.0 Å². The number of nitrogens with one attached hydrogen (secondary N) is 1. The van der Waals surface area contributed by atoms with Crippen LogP contribution in [-0.2, 0) is 13.2 Å². The van der Waals surface area contributed by atoms with E-state index in [1.54, 1.807) is 7.11 Å². The van der Waals surface area contributed by atoms with Crippen LogP contribution < -0.4 is 14.8 Å². The number of rotatable bonds is 7. The number of hydrogen-bond acceptors (Lipinski definition) is 3. The fourth-order valence-corrected chi connectivity index (χ4v) is 3.43. The van der Waals surface area contributed by atoms with Crippen molar-refractivity contribution in [3.8, 4) is 11.5 Å². The van der Waals surface area contributed by atoms with E-state index in [0.717, 1.165) is 32.8 Å². The van der Waals surface area contributed by atoms with Crippen LogP contribution in [0.2, 0.25) is 0 Å². The van der Waals surface area contributed by atoms with Crippen LogP contribution in [0.1, 0.15) is 22.3 Å². The fraction of sp³-hybridized carbons (Fsp3) is 0.217. The summed E-state index contributed by atoms with van der Waals surface area (Å²) in [6.45, 7) is 5.38. The van der Waals surface area contributed by atoms with Crippen LogP contribution >= 0.6 is 15.9 Å². The largest absolute Gasteiger partial charge is 0.493 e. The number of para-hydroxylation sites is 1. The molecule has 3 nitrogen and oxygen atoms in total. The monoisotopic (exact) mass is 425 g/mol. The third-order valence-corrected chi connectivity index (χ3v) is 5.01. The van der Waals surface area contributed by atoms with Crippen molar-refractivity contribution in [2.75, 3.05) is 12.4 Å². The molecule has 1 N–H and O–H groups in total. The summed E-state index contributed by atoms with van der Waals surface area (Å²) in [5.41, 5.74) is 5.83. The molecule has 3 aromatic carbocycles. The third kappa shape index (κ3) is 5.04. The van der Waals surface area contributed by atoms with Gasteiger partial charge in [0, 0.05) is 12.2 Å². The molecule has 0 aromatic heterocycles. The summed E-state index contributed by atoms with van der Waals surface area (Å²) in [4.78, 5) is 0. The first-order chi connectivity index (χ1) is 13.1. The number of benzene rings is 3. The standard InChI is InChI=1S/C23H24BrNO2/c1-16-8-10-18(11-9-16)15-27-23-20(24)12-19(13-22(23)26-3)14-25-21-7-5-4-6-17(21)2/h4-13,25H,14-15H2,1-3H3. The number of anilines is 1. The molecule has 3 aromatic rings. The highest BCUT2D eigenvalue weighted by molar-refractivity contribution is 9.10. The van der Waals surface area contributed by atoms with Crippen LogP contribution in [0.5, 0.6) is 11.5 Å². The molecule has 27 heavy (non-hydrogen) atoms. The molecule has 0 spiro atoms. The molecular weight excluding hydrogens is 402 g/mol. The highest BCUT2D eigenvalue weighted by Gasteiger charge is 2.12. The predicted molar refractivity (Wildman–Crippen MR) is 115 cm³/mol. The lowest BCUT2D eigenvalue weighted by Gasteiger charge is -2.16. The number of aryl methyl sites for hydroxylation is 2. The molecule has 0 fully saturated rings. The second-order valence-corrected chi connectivity index (χ2v) is 7.41. The van der Waals surface area contributed by atoms with Crippen molar-refractivity contribution >= 4 is 21.6 Å². The lowest BCUT2D eigenvalue weighted by Crippen LogP contribution is -2.03. The van der Waals surface area contributed by atoms with E-state index in [4.69, 9.17) is 9.47 Å². The van der Waals surface area contributed by atoms with Gasteiger partial charge in [-0.2, -0.15) is 0 Å². The quantitative estimate of drug-likeness (QED) is 0.483. The van der Waals surface area contributed by atoms with Gasteiger partial charge in [-0.3, -0.25) is 0 Å². The molecule has 0 atom stereocenters. The normalized spacial score (nSPS) is 10.5. The van der Waals surface area contributed by atoms with Gasteiger partial charge < -0.3 is 14.8 Å². The topological polar surface area (TPSA) is 30.5 Å². The predicted octanol–water partition coefficient (Wildman–Crippen LogP) is 6.27. The maximum atomic E-state index is 6.03. The second kappa shape index (κ2) is 8.96. The zero-order valence-corrected chi connectivity index (χ0v) is 17.5. The first-order valence-corrected chi connectivity index (χ1v) is 9.70. The van der Waals surface area contributed by atoms with E-state index in [1.165, 1.54) is 11.1 Å². The lowest BCUT2D eigenvalue weighted by atomic mass is 10.1. The first-order valence-electron chi connectivity index (χ1n) is 8.91. The maximum absolute atomic E-state index is 6.03. The molecule has 0 radical (unpaired) electrons. The summed E-state index contributed by atoms with van der Waals surface area (Å²) >= 11 is 3.63. The van der Waals surface area contributed by atoms with Gasteiger partial charge in [-0.05, 0) is 64.7 Å². The summed E-state index contributed by atoms with van der Waals surface area (Å²) in [6, 6.07) is 20.7. The van der Waals surface area contributed by atoms with Gasteiger partial charge in [0.1, 0.15) is 6.61 Å². The van der Waals surface area contributed by atoms with E-state index in [-0.39, 0.29) is 0 Å². The fourth-order valence-electron chi connectivity index (χ4n) is 2.82. The minimum atomic E-state index is 0.496. The molecular formula is C23H24BrNO2. The first kappa shape index (κ1) is 19.3. The Kier molecular flexibility index (Phi) is 6.40. The van der Waals surface area contributed by atoms with E-state index in [1.807, 2.05) is 18.2 Å². The molecule has 0 aliphatic heterocycles. The second-order valence-electron chi connectivity index (χ2n) is 6.55. The molecule has 0 aliphatic carbocycles. The summed E-state index contributed by atoms with van der Waals surface area (Å²) in [5, 5.41) is 3.47. The van der Waals surface area contributed by atoms with Crippen LogP contribution in [0.25, 0.3) is 0 Å². The summed E-state index contributed by atoms with van der Waals surface area (Å²) in [6.07, 6.45) is 0. The third-order valence-electron chi connectivity index (χ3n) is 4.42. The SMILES string of the molecule is COc1cc(CNc2ccccc2C)cc(Br)c1OCc1ccc(C)cc1. The van der Waals surface area contributed by atoms with E-state index in [9.17, 15) is 0 Å². The van der Waals surface area contributed by atoms with Crippen LogP contribution in [0.15, 0.2) is 65.1 Å². The zero-order valence-electron chi connectivity index (χ0n) is 15.9. The molecule has 140 valence electrons. The smallest absolute Gasteiger partial charge is 0.175 e. The highest BCUT2D eigenvalue weighted by Crippen LogP contribution is 2.37. The van der Waals surface area contributed by atoms with Crippen molar-refractivity contribution in [3.63, 3.8) is 0 Å². The van der Waals surface area contributed by atoms with Crippen molar-refractivity contribution in [2.24, 2.45) is 0 Å². The van der Waals surface area contributed by atoms with Crippen LogP contribution in [0.4, 0.5) is 5.69 Å². The Labute approximate surface area is 169 Å². The minimum absolute atomic E-state index is 0.496. The number of hydrogen-bond donors (Lipinski definition) is 1. The van der Waals surface area contributed by atoms with Crippen molar-refractivity contribution in [1.82, 2.24) is 0 Å². The molecule has 0 amide bonds. The van der Waals surface area contributed by atoms with E-state index < -0.39 is 0 Å². The van der Waals surface area contributed by atoms with Gasteiger partial charge in [-0.25, -0.2) is 0 Å². The Balaban J connectivity index is 1.72. The molecule has 0 heterocycles. The molecule has 4 heteroatoms. The van der Waals surface area contributed by atoms with Crippen LogP contribution in [0, 0.1) is 13.8 Å². The zero-order chi connectivity index (χ0) is 19.2. The minimum Gasteiger partial charge on any atom is -0.493 e. The molecule has 0 aliphatic rings. The van der Waals surface area contributed by atoms with E-state index in [0.29, 0.717) is 13.2 Å². The Morgan fingerprint density at radius 2 is 1.67 bits per heavy atom. The van der Waals surface area contributed by atoms with Gasteiger partial charge in [-0.15, -0.1) is 0 Å². The molecule has 0 saturated heterocycles. The Bertz CT molecular complexity index is 907. The molecule has 0 bridgehead atoms. The van der Waals surface area contributed by atoms with Gasteiger partial charge in [-0.1, -0.05) is 48.0 Å². The van der Waals surface area contributed by atoms with Gasteiger partial charge in [0.25, 0.3) is 0 Å². The van der Waals surface area contributed by atoms with E-state index in [2.05, 4.69) is 77.6 Å². The summed E-state index contributed by atoms with van der Waals surface area (Å²) in [5.74, 6) is 1.44. The molecule has 0 saturated carbocycles. The number of methoxy groups -OCH3 is 1. The van der Waals surface area contributed by atoms with Crippen LogP contribution in [-0.4, -0.2) is 7.11 Å². The summed E-state index contributed by atoms with van der Waals surface area (Å²) < 4.78 is 12.5. The number of ether oxygens (including phenoxy) is 2. The van der Waals surface area contributed by atoms with Crippen molar-refractivity contribution in [3.05, 3.63) is 87.4 Å². The maximum Gasteiger partial charge on any atom is 0.175 e.